The predicted molar refractivity (Wildman–Crippen MR) is 99.6 cm³/mol. The van der Waals surface area contributed by atoms with Gasteiger partial charge in [0.2, 0.25) is 16.9 Å². The minimum Gasteiger partial charge on any atom is -0.507 e. The van der Waals surface area contributed by atoms with Crippen molar-refractivity contribution in [3.05, 3.63) is 45.6 Å². The number of hydrogen-bond donors (Lipinski definition) is 2. The maximum Gasteiger partial charge on any atom is 0.208 e. The van der Waals surface area contributed by atoms with Gasteiger partial charge in [0.15, 0.2) is 11.3 Å². The number of aromatic hydroxyl groups is 2. The summed E-state index contributed by atoms with van der Waals surface area (Å²) in [5, 5.41) is 21.0. The number of methoxy groups -OCH3 is 2. The van der Waals surface area contributed by atoms with Gasteiger partial charge in [0.25, 0.3) is 0 Å². The Labute approximate surface area is 149 Å². The number of fused-ring (bicyclic) bond motifs is 2. The molecule has 0 aliphatic carbocycles. The van der Waals surface area contributed by atoms with E-state index in [2.05, 4.69) is 0 Å². The first-order valence-corrected chi connectivity index (χ1v) is 8.08. The first-order chi connectivity index (χ1) is 12.4. The molecule has 0 atom stereocenters. The van der Waals surface area contributed by atoms with Gasteiger partial charge < -0.3 is 24.1 Å². The van der Waals surface area contributed by atoms with Crippen molar-refractivity contribution in [2.45, 2.75) is 20.3 Å². The Kier molecular flexibility index (Phi) is 4.50. The van der Waals surface area contributed by atoms with E-state index in [4.69, 9.17) is 13.9 Å². The summed E-state index contributed by atoms with van der Waals surface area (Å²) >= 11 is 0. The first-order valence-electron chi connectivity index (χ1n) is 8.08. The molecule has 0 bridgehead atoms. The van der Waals surface area contributed by atoms with Gasteiger partial charge in [-0.25, -0.2) is 0 Å². The molecule has 1 heterocycles. The zero-order valence-corrected chi connectivity index (χ0v) is 15.0. The Hall–Kier alpha value is -3.15. The normalized spacial score (nSPS) is 10.9. The minimum absolute atomic E-state index is 0.0140. The summed E-state index contributed by atoms with van der Waals surface area (Å²) in [6, 6.07) is 4.58. The lowest BCUT2D eigenvalue weighted by atomic mass is 10.00. The Balaban J connectivity index is 2.59. The van der Waals surface area contributed by atoms with Gasteiger partial charge in [-0.15, -0.1) is 0 Å². The predicted octanol–water partition coefficient (Wildman–Crippen LogP) is 3.88. The number of hydrogen-bond acceptors (Lipinski definition) is 6. The highest BCUT2D eigenvalue weighted by molar-refractivity contribution is 5.99. The van der Waals surface area contributed by atoms with Crippen LogP contribution in [0, 0.1) is 0 Å². The average molecular weight is 356 g/mol. The molecule has 6 nitrogen and oxygen atoms in total. The van der Waals surface area contributed by atoms with Crippen LogP contribution in [0.15, 0.2) is 39.1 Å². The summed E-state index contributed by atoms with van der Waals surface area (Å²) in [4.78, 5) is 13.2. The Morgan fingerprint density at radius 3 is 2.42 bits per heavy atom. The summed E-state index contributed by atoms with van der Waals surface area (Å²) < 4.78 is 16.5. The van der Waals surface area contributed by atoms with E-state index >= 15 is 0 Å². The molecule has 0 saturated carbocycles. The van der Waals surface area contributed by atoms with E-state index in [0.717, 1.165) is 5.57 Å². The molecular formula is C20H20O6. The van der Waals surface area contributed by atoms with Gasteiger partial charge in [-0.2, -0.15) is 0 Å². The van der Waals surface area contributed by atoms with Crippen LogP contribution >= 0.6 is 0 Å². The molecular weight excluding hydrogens is 336 g/mol. The molecule has 0 aliphatic heterocycles. The van der Waals surface area contributed by atoms with Crippen LogP contribution in [0.4, 0.5) is 0 Å². The standard InChI is InChI=1S/C20H20O6/c1-10(2)8-9-11-14-16(22)15-12(21)6-5-7-13(15)26-19(14)20(25-4)17(23)18(11)24-3/h5-8,21,23H,9H2,1-4H3. The number of allylic oxidation sites excluding steroid dienone is 2. The van der Waals surface area contributed by atoms with Crippen LogP contribution in [0.5, 0.6) is 23.0 Å². The molecule has 2 aromatic carbocycles. The highest BCUT2D eigenvalue weighted by Crippen LogP contribution is 2.46. The van der Waals surface area contributed by atoms with Gasteiger partial charge in [-0.3, -0.25) is 4.79 Å². The maximum atomic E-state index is 13.2. The van der Waals surface area contributed by atoms with Gasteiger partial charge in [-0.05, 0) is 32.4 Å². The van der Waals surface area contributed by atoms with E-state index in [-0.39, 0.29) is 44.9 Å². The Morgan fingerprint density at radius 2 is 1.81 bits per heavy atom. The third kappa shape index (κ3) is 2.63. The fourth-order valence-electron chi connectivity index (χ4n) is 3.03. The van der Waals surface area contributed by atoms with E-state index in [9.17, 15) is 15.0 Å². The molecule has 136 valence electrons. The largest absolute Gasteiger partial charge is 0.507 e. The van der Waals surface area contributed by atoms with Gasteiger partial charge in [0.1, 0.15) is 16.7 Å². The zero-order valence-electron chi connectivity index (χ0n) is 15.0. The van der Waals surface area contributed by atoms with Gasteiger partial charge >= 0.3 is 0 Å². The van der Waals surface area contributed by atoms with E-state index in [0.29, 0.717) is 12.0 Å². The quantitative estimate of drug-likeness (QED) is 0.545. The van der Waals surface area contributed by atoms with Crippen LogP contribution < -0.4 is 14.9 Å². The summed E-state index contributed by atoms with van der Waals surface area (Å²) in [6.07, 6.45) is 2.27. The molecule has 0 spiro atoms. The van der Waals surface area contributed by atoms with Crippen LogP contribution in [0.2, 0.25) is 0 Å². The molecule has 2 N–H and O–H groups in total. The lowest BCUT2D eigenvalue weighted by Crippen LogP contribution is -2.08. The lowest BCUT2D eigenvalue weighted by Gasteiger charge is -2.16. The summed E-state index contributed by atoms with van der Waals surface area (Å²) in [6.45, 7) is 3.86. The second-order valence-corrected chi connectivity index (χ2v) is 6.16. The van der Waals surface area contributed by atoms with Crippen molar-refractivity contribution in [3.8, 4) is 23.0 Å². The topological polar surface area (TPSA) is 89.1 Å². The molecule has 0 saturated heterocycles. The van der Waals surface area contributed by atoms with E-state index in [1.54, 1.807) is 12.1 Å². The molecule has 0 radical (unpaired) electrons. The van der Waals surface area contributed by atoms with Crippen molar-refractivity contribution in [1.29, 1.82) is 0 Å². The van der Waals surface area contributed by atoms with Crippen molar-refractivity contribution < 1.29 is 24.1 Å². The van der Waals surface area contributed by atoms with Crippen molar-refractivity contribution in [2.75, 3.05) is 14.2 Å². The smallest absolute Gasteiger partial charge is 0.208 e. The molecule has 0 amide bonds. The van der Waals surface area contributed by atoms with Gasteiger partial charge in [-0.1, -0.05) is 17.7 Å². The SMILES string of the molecule is COc1c(O)c(OC)c2oc3cccc(O)c3c(=O)c2c1CC=C(C)C. The molecule has 0 unspecified atom stereocenters. The molecule has 3 rings (SSSR count). The summed E-state index contributed by atoms with van der Waals surface area (Å²) in [5.41, 5.74) is 1.43. The van der Waals surface area contributed by atoms with Gasteiger partial charge in [0, 0.05) is 5.56 Å². The van der Waals surface area contributed by atoms with Crippen LogP contribution in [0.25, 0.3) is 21.9 Å². The average Bonchev–Trinajstić information content (AvgIpc) is 2.59. The highest BCUT2D eigenvalue weighted by atomic mass is 16.5. The Morgan fingerprint density at radius 1 is 1.12 bits per heavy atom. The monoisotopic (exact) mass is 356 g/mol. The first kappa shape index (κ1) is 17.7. The number of ether oxygens (including phenoxy) is 2. The molecule has 26 heavy (non-hydrogen) atoms. The van der Waals surface area contributed by atoms with Crippen LogP contribution in [-0.2, 0) is 6.42 Å². The molecule has 6 heteroatoms. The molecule has 0 fully saturated rings. The second kappa shape index (κ2) is 6.63. The summed E-state index contributed by atoms with van der Waals surface area (Å²) in [7, 11) is 2.78. The second-order valence-electron chi connectivity index (χ2n) is 6.16. The van der Waals surface area contributed by atoms with Crippen molar-refractivity contribution in [2.24, 2.45) is 0 Å². The minimum atomic E-state index is -0.409. The van der Waals surface area contributed by atoms with Crippen molar-refractivity contribution in [3.63, 3.8) is 0 Å². The summed E-state index contributed by atoms with van der Waals surface area (Å²) in [5.74, 6) is -0.242. The number of rotatable bonds is 4. The van der Waals surface area contributed by atoms with Crippen LogP contribution in [-0.4, -0.2) is 24.4 Å². The third-order valence-electron chi connectivity index (χ3n) is 4.23. The van der Waals surface area contributed by atoms with E-state index in [1.165, 1.54) is 20.3 Å². The number of phenols is 2. The molecule has 1 aromatic heterocycles. The van der Waals surface area contributed by atoms with Crippen LogP contribution in [0.3, 0.4) is 0 Å². The highest BCUT2D eigenvalue weighted by Gasteiger charge is 2.25. The number of benzene rings is 2. The number of phenolic OH excluding ortho intramolecular Hbond substituents is 2. The van der Waals surface area contributed by atoms with Gasteiger partial charge in [0.05, 0.1) is 19.6 Å². The van der Waals surface area contributed by atoms with E-state index < -0.39 is 5.43 Å². The van der Waals surface area contributed by atoms with E-state index in [1.807, 2.05) is 19.9 Å². The van der Waals surface area contributed by atoms with Crippen LogP contribution in [0.1, 0.15) is 19.4 Å². The van der Waals surface area contributed by atoms with Crippen molar-refractivity contribution in [1.82, 2.24) is 0 Å². The molecule has 3 aromatic rings. The third-order valence-corrected chi connectivity index (χ3v) is 4.23. The maximum absolute atomic E-state index is 13.2. The lowest BCUT2D eigenvalue weighted by molar-refractivity contribution is 0.337. The fraction of sp³-hybridized carbons (Fsp3) is 0.250. The fourth-order valence-corrected chi connectivity index (χ4v) is 3.03. The molecule has 0 aliphatic rings. The van der Waals surface area contributed by atoms with Crippen molar-refractivity contribution >= 4 is 21.9 Å². The zero-order chi connectivity index (χ0) is 19.0. The Bertz CT molecular complexity index is 1090.